The average Bonchev–Trinajstić information content (AvgIpc) is 3.29. The summed E-state index contributed by atoms with van der Waals surface area (Å²) in [5, 5.41) is 12.7. The first-order valence-electron chi connectivity index (χ1n) is 10.9. The van der Waals surface area contributed by atoms with Crippen molar-refractivity contribution < 1.29 is 14.6 Å². The minimum atomic E-state index is -1.07. The maximum Gasteiger partial charge on any atom is 0.413 e. The zero-order chi connectivity index (χ0) is 23.1. The van der Waals surface area contributed by atoms with Crippen LogP contribution in [-0.2, 0) is 0 Å². The van der Waals surface area contributed by atoms with Crippen LogP contribution in [0.3, 0.4) is 0 Å². The van der Waals surface area contributed by atoms with E-state index in [0.29, 0.717) is 22.3 Å². The highest BCUT2D eigenvalue weighted by Crippen LogP contribution is 2.34. The second kappa shape index (κ2) is 8.09. The van der Waals surface area contributed by atoms with E-state index in [4.69, 9.17) is 9.72 Å². The lowest BCUT2D eigenvalue weighted by atomic mass is 9.93. The van der Waals surface area contributed by atoms with Crippen molar-refractivity contribution in [3.8, 4) is 17.0 Å². The van der Waals surface area contributed by atoms with Gasteiger partial charge >= 0.3 is 6.09 Å². The molecule has 8 nitrogen and oxygen atoms in total. The largest absolute Gasteiger partial charge is 0.413 e. The molecule has 1 saturated heterocycles. The predicted molar refractivity (Wildman–Crippen MR) is 125 cm³/mol. The van der Waals surface area contributed by atoms with Crippen LogP contribution in [0.4, 0.5) is 10.5 Å². The third-order valence-corrected chi connectivity index (χ3v) is 6.13. The predicted octanol–water partition coefficient (Wildman–Crippen LogP) is 4.11. The molecule has 3 aromatic rings. The molecule has 0 saturated carbocycles. The van der Waals surface area contributed by atoms with Gasteiger partial charge in [-0.3, -0.25) is 0 Å². The Hall–Kier alpha value is -3.13. The Morgan fingerprint density at radius 3 is 2.84 bits per heavy atom. The van der Waals surface area contributed by atoms with E-state index in [1.807, 2.05) is 12.1 Å². The molecule has 4 rings (SSSR count). The van der Waals surface area contributed by atoms with Crippen LogP contribution in [-0.4, -0.2) is 50.9 Å². The van der Waals surface area contributed by atoms with Gasteiger partial charge < -0.3 is 25.0 Å². The number of benzene rings is 1. The highest BCUT2D eigenvalue weighted by molar-refractivity contribution is 5.84. The first-order chi connectivity index (χ1) is 15.0. The van der Waals surface area contributed by atoms with E-state index >= 15 is 0 Å². The smallest absolute Gasteiger partial charge is 0.406 e. The van der Waals surface area contributed by atoms with Crippen molar-refractivity contribution in [3.05, 3.63) is 36.7 Å². The lowest BCUT2D eigenvalue weighted by Crippen LogP contribution is -2.48. The highest BCUT2D eigenvalue weighted by atomic mass is 16.6. The number of nitrogens with zero attached hydrogens (tertiary/aromatic N) is 3. The summed E-state index contributed by atoms with van der Waals surface area (Å²) in [6, 6.07) is 7.80. The van der Waals surface area contributed by atoms with Gasteiger partial charge in [0, 0.05) is 30.5 Å². The molecule has 0 aliphatic carbocycles. The van der Waals surface area contributed by atoms with Crippen molar-refractivity contribution in [2.24, 2.45) is 5.41 Å². The lowest BCUT2D eigenvalue weighted by Gasteiger charge is -2.26. The Morgan fingerprint density at radius 2 is 2.16 bits per heavy atom. The summed E-state index contributed by atoms with van der Waals surface area (Å²) in [7, 11) is 0. The van der Waals surface area contributed by atoms with Crippen molar-refractivity contribution >= 4 is 22.9 Å². The number of aromatic nitrogens is 3. The van der Waals surface area contributed by atoms with E-state index in [1.165, 1.54) is 12.1 Å². The van der Waals surface area contributed by atoms with Crippen molar-refractivity contribution in [2.75, 3.05) is 18.0 Å². The molecule has 1 aliphatic heterocycles. The average molecular weight is 438 g/mol. The Balaban J connectivity index is 1.57. The number of amides is 1. The third-order valence-electron chi connectivity index (χ3n) is 6.13. The molecule has 1 amide bonds. The first-order valence-corrected chi connectivity index (χ1v) is 10.9. The normalized spacial score (nSPS) is 16.9. The van der Waals surface area contributed by atoms with E-state index in [2.05, 4.69) is 46.2 Å². The fourth-order valence-corrected chi connectivity index (χ4v) is 3.76. The number of hydrogen-bond donors (Lipinski definition) is 3. The topological polar surface area (TPSA) is 103 Å². The Kier molecular flexibility index (Phi) is 5.58. The number of hydrogen-bond acceptors (Lipinski definition) is 6. The van der Waals surface area contributed by atoms with Crippen LogP contribution in [0.15, 0.2) is 36.7 Å². The van der Waals surface area contributed by atoms with Gasteiger partial charge in [-0.05, 0) is 44.7 Å². The van der Waals surface area contributed by atoms with Gasteiger partial charge in [-0.15, -0.1) is 0 Å². The number of anilines is 1. The minimum Gasteiger partial charge on any atom is -0.406 e. The van der Waals surface area contributed by atoms with E-state index in [0.717, 1.165) is 18.7 Å². The summed E-state index contributed by atoms with van der Waals surface area (Å²) in [6.07, 6.45) is 3.78. The summed E-state index contributed by atoms with van der Waals surface area (Å²) >= 11 is 0. The Morgan fingerprint density at radius 1 is 1.38 bits per heavy atom. The van der Waals surface area contributed by atoms with Crippen molar-refractivity contribution in [1.82, 2.24) is 20.3 Å². The molecule has 3 heterocycles. The molecule has 0 unspecified atom stereocenters. The monoisotopic (exact) mass is 437 g/mol. The minimum absolute atomic E-state index is 0.284. The fourth-order valence-electron chi connectivity index (χ4n) is 3.76. The number of fused-ring (bicyclic) bond motifs is 1. The fraction of sp³-hybridized carbons (Fsp3) is 0.458. The van der Waals surface area contributed by atoms with E-state index in [9.17, 15) is 9.90 Å². The second-order valence-electron chi connectivity index (χ2n) is 9.90. The third kappa shape index (κ3) is 4.70. The molecular weight excluding hydrogens is 406 g/mol. The SMILES string of the molecule is C[C@H](NC(=O)Oc1c[nH]c2ncc(-c3cccc(N4CCC(C)(C)C4)c3)nc12)C(C)(C)O. The van der Waals surface area contributed by atoms with E-state index < -0.39 is 17.7 Å². The maximum absolute atomic E-state index is 12.3. The molecule has 2 aromatic heterocycles. The molecule has 0 radical (unpaired) electrons. The van der Waals surface area contributed by atoms with Crippen LogP contribution >= 0.6 is 0 Å². The van der Waals surface area contributed by atoms with Gasteiger partial charge in [-0.1, -0.05) is 26.0 Å². The molecule has 1 fully saturated rings. The molecular formula is C24H31N5O3. The molecule has 3 N–H and O–H groups in total. The molecule has 0 spiro atoms. The number of ether oxygens (including phenoxy) is 1. The van der Waals surface area contributed by atoms with Gasteiger partial charge in [0.15, 0.2) is 16.9 Å². The van der Waals surface area contributed by atoms with Crippen LogP contribution in [0.2, 0.25) is 0 Å². The van der Waals surface area contributed by atoms with Crippen LogP contribution < -0.4 is 15.0 Å². The summed E-state index contributed by atoms with van der Waals surface area (Å²) in [5.74, 6) is 0.284. The second-order valence-corrected chi connectivity index (χ2v) is 9.90. The number of carbonyl (C=O) groups is 1. The number of carbonyl (C=O) groups excluding carboxylic acids is 1. The lowest BCUT2D eigenvalue weighted by molar-refractivity contribution is 0.0450. The van der Waals surface area contributed by atoms with E-state index in [1.54, 1.807) is 33.2 Å². The first kappa shape index (κ1) is 22.1. The molecule has 32 heavy (non-hydrogen) atoms. The van der Waals surface area contributed by atoms with Crippen molar-refractivity contribution in [1.29, 1.82) is 0 Å². The zero-order valence-corrected chi connectivity index (χ0v) is 19.3. The van der Waals surface area contributed by atoms with Crippen LogP contribution in [0.5, 0.6) is 5.75 Å². The molecule has 170 valence electrons. The number of aliphatic hydroxyl groups is 1. The van der Waals surface area contributed by atoms with Gasteiger partial charge in [0.25, 0.3) is 0 Å². The standard InChI is InChI=1S/C24H31N5O3/c1-15(24(4,5)31)27-22(30)32-19-13-26-21-20(19)28-18(12-25-21)16-7-6-8-17(11-16)29-10-9-23(2,3)14-29/h6-8,11-13,15,31H,9-10,14H2,1-5H3,(H,25,26)(H,27,30)/t15-/m0/s1. The van der Waals surface area contributed by atoms with E-state index in [-0.39, 0.29) is 5.75 Å². The molecule has 1 aromatic carbocycles. The summed E-state index contributed by atoms with van der Waals surface area (Å²) < 4.78 is 5.45. The maximum atomic E-state index is 12.3. The number of aromatic amines is 1. The molecule has 0 bridgehead atoms. The molecule has 1 atom stereocenters. The highest BCUT2D eigenvalue weighted by Gasteiger charge is 2.29. The quantitative estimate of drug-likeness (QED) is 0.555. The summed E-state index contributed by atoms with van der Waals surface area (Å²) in [6.45, 7) is 11.6. The molecule has 8 heteroatoms. The van der Waals surface area contributed by atoms with Crippen LogP contribution in [0.1, 0.15) is 41.0 Å². The number of rotatable bonds is 5. The number of H-pyrrole nitrogens is 1. The Bertz CT molecular complexity index is 1130. The van der Waals surface area contributed by atoms with Crippen LogP contribution in [0.25, 0.3) is 22.4 Å². The zero-order valence-electron chi connectivity index (χ0n) is 19.3. The van der Waals surface area contributed by atoms with Gasteiger partial charge in [-0.25, -0.2) is 14.8 Å². The summed E-state index contributed by atoms with van der Waals surface area (Å²) in [4.78, 5) is 26.8. The molecule has 1 aliphatic rings. The van der Waals surface area contributed by atoms with Crippen LogP contribution in [0, 0.1) is 5.41 Å². The summed E-state index contributed by atoms with van der Waals surface area (Å²) in [5.41, 5.74) is 3.07. The van der Waals surface area contributed by atoms with Crippen molar-refractivity contribution in [2.45, 2.75) is 52.7 Å². The number of nitrogens with one attached hydrogen (secondary N) is 2. The van der Waals surface area contributed by atoms with Gasteiger partial charge in [0.05, 0.1) is 23.5 Å². The van der Waals surface area contributed by atoms with Gasteiger partial charge in [0.1, 0.15) is 0 Å². The van der Waals surface area contributed by atoms with Gasteiger partial charge in [-0.2, -0.15) is 0 Å². The van der Waals surface area contributed by atoms with Crippen molar-refractivity contribution in [3.63, 3.8) is 0 Å². The Labute approximate surface area is 188 Å². The van der Waals surface area contributed by atoms with Gasteiger partial charge in [0.2, 0.25) is 0 Å².